The summed E-state index contributed by atoms with van der Waals surface area (Å²) >= 11 is 0. The van der Waals surface area contributed by atoms with Crippen LogP contribution < -0.4 is 10.9 Å². The summed E-state index contributed by atoms with van der Waals surface area (Å²) in [7, 11) is 0. The van der Waals surface area contributed by atoms with Crippen molar-refractivity contribution in [2.75, 3.05) is 6.54 Å². The second-order valence-corrected chi connectivity index (χ2v) is 4.19. The molecule has 0 fully saturated rings. The Balaban J connectivity index is 2.06. The zero-order chi connectivity index (χ0) is 12.5. The number of carbonyl (C=O) groups excluding carboxylic acids is 1. The van der Waals surface area contributed by atoms with Gasteiger partial charge >= 0.3 is 0 Å². The molecule has 1 aromatic carbocycles. The maximum absolute atomic E-state index is 12.1. The SMILES string of the molecule is O=C(c1ccccc1)n1oc2c(c1=O)CCNC2. The average Bonchev–Trinajstić information content (AvgIpc) is 2.77. The van der Waals surface area contributed by atoms with Crippen molar-refractivity contribution < 1.29 is 9.32 Å². The van der Waals surface area contributed by atoms with E-state index >= 15 is 0 Å². The fourth-order valence-electron chi connectivity index (χ4n) is 2.08. The molecule has 5 nitrogen and oxygen atoms in total. The van der Waals surface area contributed by atoms with Gasteiger partial charge in [-0.15, -0.1) is 0 Å². The van der Waals surface area contributed by atoms with Gasteiger partial charge in [-0.25, -0.2) is 0 Å². The Bertz CT molecular complexity index is 640. The third-order valence-corrected chi connectivity index (χ3v) is 3.02. The minimum Gasteiger partial charge on any atom is -0.371 e. The van der Waals surface area contributed by atoms with Gasteiger partial charge in [0.05, 0.1) is 12.1 Å². The van der Waals surface area contributed by atoms with Gasteiger partial charge in [-0.2, -0.15) is 0 Å². The van der Waals surface area contributed by atoms with E-state index in [0.29, 0.717) is 29.9 Å². The van der Waals surface area contributed by atoms with Crippen molar-refractivity contribution in [3.05, 3.63) is 57.6 Å². The van der Waals surface area contributed by atoms with Gasteiger partial charge in [0, 0.05) is 5.56 Å². The molecule has 0 saturated heterocycles. The van der Waals surface area contributed by atoms with E-state index in [2.05, 4.69) is 5.32 Å². The molecule has 0 radical (unpaired) electrons. The van der Waals surface area contributed by atoms with Gasteiger partial charge in [0.1, 0.15) is 0 Å². The van der Waals surface area contributed by atoms with Gasteiger partial charge in [0.2, 0.25) is 0 Å². The molecular formula is C13H12N2O3. The van der Waals surface area contributed by atoms with Crippen LogP contribution in [0.3, 0.4) is 0 Å². The molecule has 2 aromatic rings. The summed E-state index contributed by atoms with van der Waals surface area (Å²) in [4.78, 5) is 24.2. The Morgan fingerprint density at radius 2 is 2.06 bits per heavy atom. The standard InChI is InChI=1S/C13H12N2O3/c16-12(9-4-2-1-3-5-9)15-13(17)10-6-7-14-8-11(10)18-15/h1-5,14H,6-8H2. The van der Waals surface area contributed by atoms with Crippen LogP contribution >= 0.6 is 0 Å². The minimum atomic E-state index is -0.421. The van der Waals surface area contributed by atoms with Crippen molar-refractivity contribution in [1.82, 2.24) is 10.1 Å². The van der Waals surface area contributed by atoms with Crippen molar-refractivity contribution in [3.8, 4) is 0 Å². The summed E-state index contributed by atoms with van der Waals surface area (Å²) in [5.41, 5.74) is 0.719. The van der Waals surface area contributed by atoms with E-state index in [1.54, 1.807) is 24.3 Å². The first kappa shape index (κ1) is 11.0. The van der Waals surface area contributed by atoms with Crippen LogP contribution in [0.25, 0.3) is 0 Å². The lowest BCUT2D eigenvalue weighted by Gasteiger charge is -2.07. The number of aromatic nitrogens is 1. The molecule has 1 aliphatic rings. The Morgan fingerprint density at radius 1 is 1.28 bits per heavy atom. The highest BCUT2D eigenvalue weighted by atomic mass is 16.5. The molecule has 1 aliphatic heterocycles. The summed E-state index contributed by atoms with van der Waals surface area (Å²) < 4.78 is 6.20. The van der Waals surface area contributed by atoms with Crippen LogP contribution in [0.4, 0.5) is 0 Å². The highest BCUT2D eigenvalue weighted by molar-refractivity contribution is 5.94. The molecule has 3 rings (SSSR count). The molecule has 92 valence electrons. The first-order chi connectivity index (χ1) is 8.77. The summed E-state index contributed by atoms with van der Waals surface area (Å²) in [5, 5.41) is 3.10. The lowest BCUT2D eigenvalue weighted by Crippen LogP contribution is -2.28. The average molecular weight is 244 g/mol. The topological polar surface area (TPSA) is 64.2 Å². The second-order valence-electron chi connectivity index (χ2n) is 4.19. The van der Waals surface area contributed by atoms with Gasteiger partial charge in [0.25, 0.3) is 11.5 Å². The molecule has 1 aromatic heterocycles. The van der Waals surface area contributed by atoms with Crippen LogP contribution in [0.1, 0.15) is 21.7 Å². The highest BCUT2D eigenvalue weighted by Gasteiger charge is 2.23. The second kappa shape index (κ2) is 4.27. The molecule has 0 amide bonds. The van der Waals surface area contributed by atoms with Gasteiger partial charge in [-0.05, 0) is 25.1 Å². The van der Waals surface area contributed by atoms with Crippen LogP contribution in [0, 0.1) is 0 Å². The van der Waals surface area contributed by atoms with E-state index in [9.17, 15) is 9.59 Å². The number of rotatable bonds is 1. The summed E-state index contributed by atoms with van der Waals surface area (Å²) in [6.45, 7) is 1.24. The number of fused-ring (bicyclic) bond motifs is 1. The van der Waals surface area contributed by atoms with Gasteiger partial charge in [-0.3, -0.25) is 9.59 Å². The fourth-order valence-corrected chi connectivity index (χ4v) is 2.08. The van der Waals surface area contributed by atoms with E-state index < -0.39 is 5.91 Å². The van der Waals surface area contributed by atoms with Crippen LogP contribution in [0.2, 0.25) is 0 Å². The molecule has 0 bridgehead atoms. The predicted octanol–water partition coefficient (Wildman–Crippen LogP) is 0.776. The third-order valence-electron chi connectivity index (χ3n) is 3.02. The van der Waals surface area contributed by atoms with Crippen LogP contribution in [0.5, 0.6) is 0 Å². The smallest absolute Gasteiger partial charge is 0.294 e. The van der Waals surface area contributed by atoms with Gasteiger partial charge < -0.3 is 9.84 Å². The molecular weight excluding hydrogens is 232 g/mol. The Morgan fingerprint density at radius 3 is 2.78 bits per heavy atom. The van der Waals surface area contributed by atoms with Crippen molar-refractivity contribution >= 4 is 5.91 Å². The lowest BCUT2D eigenvalue weighted by atomic mass is 10.1. The molecule has 0 aliphatic carbocycles. The minimum absolute atomic E-state index is 0.333. The van der Waals surface area contributed by atoms with E-state index in [-0.39, 0.29) is 5.56 Å². The normalized spacial score (nSPS) is 14.2. The summed E-state index contributed by atoms with van der Waals surface area (Å²) in [6.07, 6.45) is 0.604. The largest absolute Gasteiger partial charge is 0.371 e. The predicted molar refractivity (Wildman–Crippen MR) is 64.5 cm³/mol. The van der Waals surface area contributed by atoms with Crippen molar-refractivity contribution in [2.24, 2.45) is 0 Å². The molecule has 0 spiro atoms. The Kier molecular flexibility index (Phi) is 2.60. The van der Waals surface area contributed by atoms with Crippen molar-refractivity contribution in [1.29, 1.82) is 0 Å². The molecule has 2 heterocycles. The number of hydrogen-bond donors (Lipinski definition) is 1. The summed E-state index contributed by atoms with van der Waals surface area (Å²) in [6, 6.07) is 8.64. The zero-order valence-corrected chi connectivity index (χ0v) is 9.68. The maximum Gasteiger partial charge on any atom is 0.294 e. The molecule has 5 heteroatoms. The molecule has 1 N–H and O–H groups in total. The maximum atomic E-state index is 12.1. The molecule has 0 saturated carbocycles. The first-order valence-corrected chi connectivity index (χ1v) is 5.82. The fraction of sp³-hybridized carbons (Fsp3) is 0.231. The molecule has 18 heavy (non-hydrogen) atoms. The number of carbonyl (C=O) groups is 1. The van der Waals surface area contributed by atoms with Crippen LogP contribution in [0.15, 0.2) is 39.6 Å². The quantitative estimate of drug-likeness (QED) is 0.805. The molecule has 0 atom stereocenters. The van der Waals surface area contributed by atoms with Crippen molar-refractivity contribution in [2.45, 2.75) is 13.0 Å². The third kappa shape index (κ3) is 1.69. The van der Waals surface area contributed by atoms with Gasteiger partial charge in [0.15, 0.2) is 5.76 Å². The highest BCUT2D eigenvalue weighted by Crippen LogP contribution is 2.11. The first-order valence-electron chi connectivity index (χ1n) is 5.82. The van der Waals surface area contributed by atoms with Crippen molar-refractivity contribution in [3.63, 3.8) is 0 Å². The van der Waals surface area contributed by atoms with Crippen LogP contribution in [-0.4, -0.2) is 17.2 Å². The zero-order valence-electron chi connectivity index (χ0n) is 9.68. The monoisotopic (exact) mass is 244 g/mol. The number of nitrogens with one attached hydrogen (secondary N) is 1. The number of nitrogens with zero attached hydrogens (tertiary/aromatic N) is 1. The van der Waals surface area contributed by atoms with Gasteiger partial charge in [-0.1, -0.05) is 22.9 Å². The lowest BCUT2D eigenvalue weighted by molar-refractivity contribution is 0.0830. The number of benzene rings is 1. The number of hydrogen-bond acceptors (Lipinski definition) is 4. The Hall–Kier alpha value is -2.14. The Labute approximate surface area is 103 Å². The van der Waals surface area contributed by atoms with E-state index in [0.717, 1.165) is 11.3 Å². The van der Waals surface area contributed by atoms with E-state index in [1.165, 1.54) is 0 Å². The van der Waals surface area contributed by atoms with E-state index in [4.69, 9.17) is 4.52 Å². The van der Waals surface area contributed by atoms with E-state index in [1.807, 2.05) is 6.07 Å². The summed E-state index contributed by atoms with van der Waals surface area (Å²) in [5.74, 6) is 0.144. The molecule has 0 unspecified atom stereocenters. The van der Waals surface area contributed by atoms with Crippen LogP contribution in [-0.2, 0) is 13.0 Å².